The van der Waals surface area contributed by atoms with Crippen molar-refractivity contribution in [3.05, 3.63) is 22.3 Å². The first-order valence-corrected chi connectivity index (χ1v) is 10.2. The molecular formula is C19H28BrN3O2. The van der Waals surface area contributed by atoms with E-state index in [1.165, 1.54) is 5.56 Å². The summed E-state index contributed by atoms with van der Waals surface area (Å²) in [5, 5.41) is 14.1. The standard InChI is InChI=1S/C19H28BrN3O2/c1-13-9-23(10-14(2)25-13)11-15-7-16(20)21-17(8-15)22-18-3-5-19(24,12-18)6-4-18/h7-8,13-14,24H,3-6,9-12H2,1-2H3,(H,21,22)/t13-,14+,18?,19?. The van der Waals surface area contributed by atoms with E-state index in [0.717, 1.165) is 62.2 Å². The topological polar surface area (TPSA) is 57.6 Å². The highest BCUT2D eigenvalue weighted by Crippen LogP contribution is 2.51. The van der Waals surface area contributed by atoms with Gasteiger partial charge in [-0.1, -0.05) is 0 Å². The lowest BCUT2D eigenvalue weighted by Gasteiger charge is -2.35. The maximum absolute atomic E-state index is 10.5. The van der Waals surface area contributed by atoms with Crippen LogP contribution in [0, 0.1) is 0 Å². The van der Waals surface area contributed by atoms with Crippen LogP contribution < -0.4 is 5.32 Å². The molecule has 2 heterocycles. The Bertz CT molecular complexity index is 636. The molecule has 1 aromatic heterocycles. The van der Waals surface area contributed by atoms with Gasteiger partial charge in [0.2, 0.25) is 0 Å². The van der Waals surface area contributed by atoms with E-state index >= 15 is 0 Å². The van der Waals surface area contributed by atoms with E-state index in [1.807, 2.05) is 0 Å². The minimum atomic E-state index is -0.443. The fourth-order valence-corrected chi connectivity index (χ4v) is 5.48. The summed E-state index contributed by atoms with van der Waals surface area (Å²) in [6, 6.07) is 4.27. The summed E-state index contributed by atoms with van der Waals surface area (Å²) < 4.78 is 6.70. The van der Waals surface area contributed by atoms with Crippen molar-refractivity contribution < 1.29 is 9.84 Å². The third-order valence-corrected chi connectivity index (χ3v) is 6.36. The lowest BCUT2D eigenvalue weighted by atomic mass is 9.93. The van der Waals surface area contributed by atoms with Gasteiger partial charge in [-0.05, 0) is 79.6 Å². The molecule has 2 N–H and O–H groups in total. The van der Waals surface area contributed by atoms with Crippen LogP contribution >= 0.6 is 15.9 Å². The number of morpholine rings is 1. The van der Waals surface area contributed by atoms with Crippen LogP contribution in [0.1, 0.15) is 51.5 Å². The van der Waals surface area contributed by atoms with E-state index in [1.54, 1.807) is 0 Å². The Labute approximate surface area is 158 Å². The number of nitrogens with one attached hydrogen (secondary N) is 1. The molecule has 6 heteroatoms. The lowest BCUT2D eigenvalue weighted by Crippen LogP contribution is -2.44. The minimum absolute atomic E-state index is 0.0296. The molecule has 0 radical (unpaired) electrons. The predicted octanol–water partition coefficient (Wildman–Crippen LogP) is 3.31. The average Bonchev–Trinajstić information content (AvgIpc) is 2.98. The predicted molar refractivity (Wildman–Crippen MR) is 102 cm³/mol. The van der Waals surface area contributed by atoms with Crippen molar-refractivity contribution in [3.8, 4) is 0 Å². The highest BCUT2D eigenvalue weighted by atomic mass is 79.9. The monoisotopic (exact) mass is 409 g/mol. The highest BCUT2D eigenvalue weighted by Gasteiger charge is 2.53. The fraction of sp³-hybridized carbons (Fsp3) is 0.737. The number of hydrogen-bond acceptors (Lipinski definition) is 5. The molecule has 5 nitrogen and oxygen atoms in total. The Hall–Kier alpha value is -0.690. The molecule has 1 aliphatic heterocycles. The molecule has 0 aromatic carbocycles. The van der Waals surface area contributed by atoms with E-state index in [9.17, 15) is 5.11 Å². The molecule has 0 amide bonds. The van der Waals surface area contributed by atoms with Crippen molar-refractivity contribution in [1.29, 1.82) is 0 Å². The first-order valence-electron chi connectivity index (χ1n) is 9.38. The van der Waals surface area contributed by atoms with Crippen molar-refractivity contribution in [2.75, 3.05) is 18.4 Å². The molecule has 3 fully saturated rings. The molecule has 0 spiro atoms. The van der Waals surface area contributed by atoms with Gasteiger partial charge < -0.3 is 15.2 Å². The zero-order chi connectivity index (χ0) is 17.7. The largest absolute Gasteiger partial charge is 0.390 e. The summed E-state index contributed by atoms with van der Waals surface area (Å²) >= 11 is 3.57. The fourth-order valence-electron chi connectivity index (χ4n) is 5.00. The van der Waals surface area contributed by atoms with Crippen LogP contribution in [0.5, 0.6) is 0 Å². The molecule has 4 rings (SSSR count). The van der Waals surface area contributed by atoms with E-state index in [2.05, 4.69) is 57.1 Å². The van der Waals surface area contributed by atoms with Gasteiger partial charge in [0.25, 0.3) is 0 Å². The lowest BCUT2D eigenvalue weighted by molar-refractivity contribution is -0.0704. The van der Waals surface area contributed by atoms with Gasteiger partial charge in [-0.2, -0.15) is 0 Å². The molecule has 1 aromatic rings. The van der Waals surface area contributed by atoms with Gasteiger partial charge in [0.05, 0.1) is 17.8 Å². The Morgan fingerprint density at radius 2 is 1.92 bits per heavy atom. The van der Waals surface area contributed by atoms with Crippen molar-refractivity contribution in [3.63, 3.8) is 0 Å². The van der Waals surface area contributed by atoms with Gasteiger partial charge in [0.1, 0.15) is 10.4 Å². The minimum Gasteiger partial charge on any atom is -0.390 e. The summed E-state index contributed by atoms with van der Waals surface area (Å²) in [4.78, 5) is 7.09. The normalized spacial score (nSPS) is 38.2. The number of halogens is 1. The summed E-state index contributed by atoms with van der Waals surface area (Å²) in [7, 11) is 0. The number of aromatic nitrogens is 1. The van der Waals surface area contributed by atoms with E-state index in [0.29, 0.717) is 0 Å². The third-order valence-electron chi connectivity index (χ3n) is 5.95. The van der Waals surface area contributed by atoms with Crippen molar-refractivity contribution >= 4 is 21.7 Å². The first kappa shape index (κ1) is 17.7. The van der Waals surface area contributed by atoms with Crippen molar-refractivity contribution in [2.24, 2.45) is 0 Å². The van der Waals surface area contributed by atoms with E-state index in [4.69, 9.17) is 4.74 Å². The molecule has 2 bridgehead atoms. The van der Waals surface area contributed by atoms with Crippen LogP contribution in [0.25, 0.3) is 0 Å². The summed E-state index contributed by atoms with van der Waals surface area (Å²) in [5.74, 6) is 0.921. The average molecular weight is 410 g/mol. The molecule has 25 heavy (non-hydrogen) atoms. The second kappa shape index (κ2) is 6.48. The molecule has 138 valence electrons. The first-order chi connectivity index (χ1) is 11.8. The van der Waals surface area contributed by atoms with Crippen LogP contribution in [-0.2, 0) is 11.3 Å². The second-order valence-corrected chi connectivity index (χ2v) is 9.25. The molecule has 2 aliphatic carbocycles. The number of ether oxygens (including phenoxy) is 1. The number of nitrogens with zero attached hydrogens (tertiary/aromatic N) is 2. The van der Waals surface area contributed by atoms with E-state index in [-0.39, 0.29) is 17.7 Å². The van der Waals surface area contributed by atoms with Gasteiger partial charge in [-0.15, -0.1) is 0 Å². The summed E-state index contributed by atoms with van der Waals surface area (Å²) in [6.07, 6.45) is 5.29. The molecule has 3 aliphatic rings. The molecule has 0 unspecified atom stereocenters. The number of fused-ring (bicyclic) bond motifs is 2. The summed E-state index contributed by atoms with van der Waals surface area (Å²) in [5.41, 5.74) is 0.845. The molecular weight excluding hydrogens is 382 g/mol. The highest BCUT2D eigenvalue weighted by molar-refractivity contribution is 9.10. The molecule has 2 saturated carbocycles. The van der Waals surface area contributed by atoms with E-state index < -0.39 is 5.60 Å². The second-order valence-electron chi connectivity index (χ2n) is 8.44. The number of aliphatic hydroxyl groups is 1. The number of pyridine rings is 1. The number of rotatable bonds is 4. The van der Waals surface area contributed by atoms with Gasteiger partial charge in [0, 0.05) is 25.2 Å². The van der Waals surface area contributed by atoms with Crippen molar-refractivity contribution in [1.82, 2.24) is 9.88 Å². The van der Waals surface area contributed by atoms with Crippen LogP contribution in [0.2, 0.25) is 0 Å². The third kappa shape index (κ3) is 3.87. The maximum atomic E-state index is 10.5. The summed E-state index contributed by atoms with van der Waals surface area (Å²) in [6.45, 7) is 7.11. The zero-order valence-corrected chi connectivity index (χ0v) is 16.7. The molecule has 2 atom stereocenters. The zero-order valence-electron chi connectivity index (χ0n) is 15.1. The quantitative estimate of drug-likeness (QED) is 0.746. The smallest absolute Gasteiger partial charge is 0.128 e. The Balaban J connectivity index is 1.47. The Kier molecular flexibility index (Phi) is 4.59. The van der Waals surface area contributed by atoms with Gasteiger partial charge >= 0.3 is 0 Å². The van der Waals surface area contributed by atoms with Crippen molar-refractivity contribution in [2.45, 2.75) is 75.8 Å². The maximum Gasteiger partial charge on any atom is 0.128 e. The number of hydrogen-bond donors (Lipinski definition) is 2. The molecule has 1 saturated heterocycles. The van der Waals surface area contributed by atoms with Gasteiger partial charge in [0.15, 0.2) is 0 Å². The van der Waals surface area contributed by atoms with Crippen LogP contribution in [-0.4, -0.2) is 51.4 Å². The SMILES string of the molecule is C[C@@H]1CN(Cc2cc(Br)nc(NC34CCC(O)(CC3)C4)c2)C[C@H](C)O1. The van der Waals surface area contributed by atoms with Crippen LogP contribution in [0.15, 0.2) is 16.7 Å². The number of anilines is 1. The van der Waals surface area contributed by atoms with Gasteiger partial charge in [-0.3, -0.25) is 4.90 Å². The Morgan fingerprint density at radius 1 is 1.24 bits per heavy atom. The Morgan fingerprint density at radius 3 is 2.52 bits per heavy atom. The van der Waals surface area contributed by atoms with Gasteiger partial charge in [-0.25, -0.2) is 4.98 Å². The van der Waals surface area contributed by atoms with Crippen LogP contribution in [0.3, 0.4) is 0 Å². The van der Waals surface area contributed by atoms with Crippen LogP contribution in [0.4, 0.5) is 5.82 Å².